The summed E-state index contributed by atoms with van der Waals surface area (Å²) in [5.74, 6) is 0.805. The first-order valence-electron chi connectivity index (χ1n) is 7.81. The Hall–Kier alpha value is -3.05. The third-order valence-corrected chi connectivity index (χ3v) is 3.67. The number of carbonyl (C=O) groups is 1. The van der Waals surface area contributed by atoms with Crippen LogP contribution in [0.15, 0.2) is 72.8 Å². The molecule has 0 unspecified atom stereocenters. The van der Waals surface area contributed by atoms with Crippen molar-refractivity contribution in [2.24, 2.45) is 0 Å². The molecule has 0 aliphatic rings. The van der Waals surface area contributed by atoms with Gasteiger partial charge in [-0.1, -0.05) is 29.8 Å². The van der Waals surface area contributed by atoms with E-state index in [1.54, 1.807) is 24.3 Å². The number of halogens is 2. The van der Waals surface area contributed by atoms with Crippen LogP contribution in [0.25, 0.3) is 0 Å². The Morgan fingerprint density at radius 1 is 0.962 bits per heavy atom. The highest BCUT2D eigenvalue weighted by Gasteiger charge is 2.07. The normalized spacial score (nSPS) is 10.2. The van der Waals surface area contributed by atoms with Gasteiger partial charge in [0, 0.05) is 5.69 Å². The molecule has 1 amide bonds. The van der Waals surface area contributed by atoms with E-state index in [-0.39, 0.29) is 23.3 Å². The highest BCUT2D eigenvalue weighted by molar-refractivity contribution is 6.32. The van der Waals surface area contributed by atoms with E-state index in [2.05, 4.69) is 5.32 Å². The highest BCUT2D eigenvalue weighted by Crippen LogP contribution is 2.25. The molecule has 0 atom stereocenters. The van der Waals surface area contributed by atoms with E-state index < -0.39 is 5.82 Å². The quantitative estimate of drug-likeness (QED) is 0.640. The zero-order valence-corrected chi connectivity index (χ0v) is 14.4. The summed E-state index contributed by atoms with van der Waals surface area (Å²) < 4.78 is 24.0. The largest absolute Gasteiger partial charge is 0.482 e. The summed E-state index contributed by atoms with van der Waals surface area (Å²) >= 11 is 5.85. The molecule has 0 aromatic heterocycles. The van der Waals surface area contributed by atoms with Crippen LogP contribution in [0.1, 0.15) is 0 Å². The van der Waals surface area contributed by atoms with E-state index in [0.29, 0.717) is 11.4 Å². The van der Waals surface area contributed by atoms with Crippen LogP contribution in [-0.2, 0) is 4.79 Å². The van der Waals surface area contributed by atoms with Crippen LogP contribution in [-0.4, -0.2) is 12.5 Å². The van der Waals surface area contributed by atoms with Crippen molar-refractivity contribution in [3.63, 3.8) is 0 Å². The fourth-order valence-electron chi connectivity index (χ4n) is 2.16. The molecule has 0 radical (unpaired) electrons. The van der Waals surface area contributed by atoms with Crippen LogP contribution in [0, 0.1) is 5.82 Å². The van der Waals surface area contributed by atoms with E-state index in [9.17, 15) is 9.18 Å². The van der Waals surface area contributed by atoms with Crippen LogP contribution >= 0.6 is 11.6 Å². The molecular weight excluding hydrogens is 357 g/mol. The minimum atomic E-state index is -0.468. The van der Waals surface area contributed by atoms with E-state index in [0.717, 1.165) is 11.8 Å². The molecule has 132 valence electrons. The maximum absolute atomic E-state index is 13.0. The van der Waals surface area contributed by atoms with Gasteiger partial charge in [-0.25, -0.2) is 4.39 Å². The molecule has 4 nitrogen and oxygen atoms in total. The number of benzene rings is 3. The number of nitrogens with one attached hydrogen (secondary N) is 1. The first kappa shape index (κ1) is 17.8. The lowest BCUT2D eigenvalue weighted by Gasteiger charge is -2.10. The average Bonchev–Trinajstić information content (AvgIpc) is 2.63. The topological polar surface area (TPSA) is 47.6 Å². The van der Waals surface area contributed by atoms with Crippen molar-refractivity contribution in [1.29, 1.82) is 0 Å². The first-order chi connectivity index (χ1) is 12.6. The molecule has 3 aromatic rings. The van der Waals surface area contributed by atoms with E-state index >= 15 is 0 Å². The second kappa shape index (κ2) is 8.36. The SMILES string of the molecule is O=C(COc1ccc(F)cc1Cl)Nc1ccc(Oc2ccccc2)cc1. The molecule has 0 aliphatic carbocycles. The van der Waals surface area contributed by atoms with Crippen LogP contribution in [0.5, 0.6) is 17.2 Å². The fraction of sp³-hybridized carbons (Fsp3) is 0.0500. The van der Waals surface area contributed by atoms with Gasteiger partial charge in [0.05, 0.1) is 5.02 Å². The molecule has 6 heteroatoms. The number of para-hydroxylation sites is 1. The Bertz CT molecular complexity index is 885. The van der Waals surface area contributed by atoms with Gasteiger partial charge < -0.3 is 14.8 Å². The van der Waals surface area contributed by atoms with Gasteiger partial charge in [-0.15, -0.1) is 0 Å². The summed E-state index contributed by atoms with van der Waals surface area (Å²) in [6.45, 7) is -0.242. The second-order valence-electron chi connectivity index (χ2n) is 5.35. The fourth-order valence-corrected chi connectivity index (χ4v) is 2.39. The van der Waals surface area contributed by atoms with Crippen molar-refractivity contribution < 1.29 is 18.7 Å². The number of carbonyl (C=O) groups excluding carboxylic acids is 1. The molecule has 1 N–H and O–H groups in total. The Morgan fingerprint density at radius 3 is 2.35 bits per heavy atom. The summed E-state index contributed by atoms with van der Waals surface area (Å²) in [6.07, 6.45) is 0. The molecule has 0 fully saturated rings. The smallest absolute Gasteiger partial charge is 0.262 e. The first-order valence-corrected chi connectivity index (χ1v) is 8.18. The number of hydrogen-bond donors (Lipinski definition) is 1. The molecule has 0 heterocycles. The van der Waals surface area contributed by atoms with Crippen LogP contribution in [0.3, 0.4) is 0 Å². The molecule has 3 aromatic carbocycles. The summed E-state index contributed by atoms with van der Waals surface area (Å²) in [4.78, 5) is 12.0. The molecule has 0 saturated carbocycles. The standard InChI is InChI=1S/C20H15ClFNO3/c21-18-12-14(22)6-11-19(18)25-13-20(24)23-15-7-9-17(10-8-15)26-16-4-2-1-3-5-16/h1-12H,13H2,(H,23,24). The molecule has 3 rings (SSSR count). The van der Waals surface area contributed by atoms with Gasteiger partial charge in [0.2, 0.25) is 0 Å². The highest BCUT2D eigenvalue weighted by atomic mass is 35.5. The average molecular weight is 372 g/mol. The van der Waals surface area contributed by atoms with Crippen molar-refractivity contribution in [2.45, 2.75) is 0 Å². The number of hydrogen-bond acceptors (Lipinski definition) is 3. The third kappa shape index (κ3) is 4.97. The maximum Gasteiger partial charge on any atom is 0.262 e. The second-order valence-corrected chi connectivity index (χ2v) is 5.76. The lowest BCUT2D eigenvalue weighted by atomic mass is 10.3. The molecule has 0 aliphatic heterocycles. The summed E-state index contributed by atoms with van der Waals surface area (Å²) in [7, 11) is 0. The minimum absolute atomic E-state index is 0.111. The molecule has 26 heavy (non-hydrogen) atoms. The van der Waals surface area contributed by atoms with Gasteiger partial charge in [0.25, 0.3) is 5.91 Å². The third-order valence-electron chi connectivity index (χ3n) is 3.37. The van der Waals surface area contributed by atoms with Crippen molar-refractivity contribution in [1.82, 2.24) is 0 Å². The zero-order chi connectivity index (χ0) is 18.4. The lowest BCUT2D eigenvalue weighted by molar-refractivity contribution is -0.118. The molecule has 0 bridgehead atoms. The van der Waals surface area contributed by atoms with Gasteiger partial charge >= 0.3 is 0 Å². The molecule has 0 spiro atoms. The van der Waals surface area contributed by atoms with E-state index in [4.69, 9.17) is 21.1 Å². The number of anilines is 1. The summed E-state index contributed by atoms with van der Waals surface area (Å²) in [5, 5.41) is 2.81. The number of ether oxygens (including phenoxy) is 2. The molecular formula is C20H15ClFNO3. The van der Waals surface area contributed by atoms with Crippen LogP contribution in [0.2, 0.25) is 5.02 Å². The van der Waals surface area contributed by atoms with Gasteiger partial charge in [-0.3, -0.25) is 4.79 Å². The van der Waals surface area contributed by atoms with Gasteiger partial charge in [0.15, 0.2) is 6.61 Å². The van der Waals surface area contributed by atoms with Crippen molar-refractivity contribution in [2.75, 3.05) is 11.9 Å². The Labute approximate surface area is 155 Å². The van der Waals surface area contributed by atoms with Crippen molar-refractivity contribution in [3.8, 4) is 17.2 Å². The minimum Gasteiger partial charge on any atom is -0.482 e. The number of amides is 1. The van der Waals surface area contributed by atoms with Gasteiger partial charge in [0.1, 0.15) is 23.1 Å². The van der Waals surface area contributed by atoms with Crippen molar-refractivity contribution in [3.05, 3.63) is 83.6 Å². The monoisotopic (exact) mass is 371 g/mol. The molecule has 0 saturated heterocycles. The van der Waals surface area contributed by atoms with Crippen LogP contribution < -0.4 is 14.8 Å². The Morgan fingerprint density at radius 2 is 1.65 bits per heavy atom. The predicted molar refractivity (Wildman–Crippen MR) is 98.5 cm³/mol. The van der Waals surface area contributed by atoms with E-state index in [1.807, 2.05) is 30.3 Å². The Kier molecular flexibility index (Phi) is 5.71. The van der Waals surface area contributed by atoms with Gasteiger partial charge in [-0.05, 0) is 54.6 Å². The Balaban J connectivity index is 1.52. The van der Waals surface area contributed by atoms with Gasteiger partial charge in [-0.2, -0.15) is 0 Å². The lowest BCUT2D eigenvalue weighted by Crippen LogP contribution is -2.20. The number of rotatable bonds is 6. The van der Waals surface area contributed by atoms with Crippen LogP contribution in [0.4, 0.5) is 10.1 Å². The zero-order valence-electron chi connectivity index (χ0n) is 13.6. The summed E-state index contributed by atoms with van der Waals surface area (Å²) in [5.41, 5.74) is 0.601. The predicted octanol–water partition coefficient (Wildman–Crippen LogP) is 5.29. The maximum atomic E-state index is 13.0. The van der Waals surface area contributed by atoms with Crippen molar-refractivity contribution >= 4 is 23.2 Å². The van der Waals surface area contributed by atoms with E-state index in [1.165, 1.54) is 12.1 Å². The summed E-state index contributed by atoms with van der Waals surface area (Å²) in [6, 6.07) is 20.1.